The molecule has 1 heterocycles. The number of amides is 2. The molecule has 23 heavy (non-hydrogen) atoms. The number of nitrogens with zero attached hydrogens (tertiary/aromatic N) is 1. The fourth-order valence-electron chi connectivity index (χ4n) is 2.39. The molecule has 0 aromatic rings. The van der Waals surface area contributed by atoms with Gasteiger partial charge in [-0.05, 0) is 40.0 Å². The van der Waals surface area contributed by atoms with Crippen molar-refractivity contribution < 1.29 is 23.9 Å². The van der Waals surface area contributed by atoms with Crippen molar-refractivity contribution in [3.05, 3.63) is 0 Å². The quantitative estimate of drug-likeness (QED) is 0.423. The summed E-state index contributed by atoms with van der Waals surface area (Å²) in [5.74, 6) is -1.51. The van der Waals surface area contributed by atoms with Gasteiger partial charge in [-0.25, -0.2) is 0 Å². The smallest absolute Gasteiger partial charge is 0.311 e. The van der Waals surface area contributed by atoms with Gasteiger partial charge in [0.2, 0.25) is 0 Å². The van der Waals surface area contributed by atoms with Crippen molar-refractivity contribution in [2.24, 2.45) is 5.92 Å². The van der Waals surface area contributed by atoms with Gasteiger partial charge in [0.05, 0.1) is 18.6 Å². The van der Waals surface area contributed by atoms with Crippen LogP contribution in [0.3, 0.4) is 0 Å². The number of rotatable bonds is 7. The van der Waals surface area contributed by atoms with Gasteiger partial charge in [-0.15, -0.1) is 0 Å². The van der Waals surface area contributed by atoms with E-state index < -0.39 is 11.8 Å². The molecule has 132 valence electrons. The third-order valence-electron chi connectivity index (χ3n) is 3.65. The van der Waals surface area contributed by atoms with Gasteiger partial charge >= 0.3 is 17.8 Å². The molecule has 2 amide bonds. The maximum Gasteiger partial charge on any atom is 0.311 e. The average molecular weight is 328 g/mol. The number of ether oxygens (including phenoxy) is 2. The second kappa shape index (κ2) is 10.2. The van der Waals surface area contributed by atoms with E-state index >= 15 is 0 Å². The molecule has 1 aliphatic rings. The minimum absolute atomic E-state index is 0.160. The number of esters is 1. The maximum absolute atomic E-state index is 12.0. The Hall–Kier alpha value is -1.63. The van der Waals surface area contributed by atoms with Gasteiger partial charge < -0.3 is 19.7 Å². The summed E-state index contributed by atoms with van der Waals surface area (Å²) in [6.45, 7) is 7.81. The molecule has 0 aromatic carbocycles. The van der Waals surface area contributed by atoms with E-state index in [9.17, 15) is 14.4 Å². The Morgan fingerprint density at radius 2 is 1.87 bits per heavy atom. The maximum atomic E-state index is 12.0. The largest absolute Gasteiger partial charge is 0.466 e. The molecule has 0 unspecified atom stereocenters. The van der Waals surface area contributed by atoms with E-state index in [0.29, 0.717) is 52.1 Å². The highest BCUT2D eigenvalue weighted by Crippen LogP contribution is 2.18. The highest BCUT2D eigenvalue weighted by Gasteiger charge is 2.30. The number of likely N-dealkylation sites (tertiary alicyclic amines) is 1. The first kappa shape index (κ1) is 19.4. The van der Waals surface area contributed by atoms with Gasteiger partial charge in [-0.2, -0.15) is 0 Å². The van der Waals surface area contributed by atoms with Gasteiger partial charge in [0, 0.05) is 26.2 Å². The predicted octanol–water partition coefficient (Wildman–Crippen LogP) is 0.719. The normalized spacial score (nSPS) is 15.6. The number of piperidine rings is 1. The monoisotopic (exact) mass is 328 g/mol. The van der Waals surface area contributed by atoms with E-state index in [1.807, 2.05) is 13.8 Å². The number of carbonyl (C=O) groups excluding carboxylic acids is 3. The Labute approximate surface area is 137 Å². The zero-order chi connectivity index (χ0) is 17.2. The number of hydrogen-bond donors (Lipinski definition) is 1. The SMILES string of the molecule is CCOC(=O)C1CCN(C(=O)C(=O)NCCCOC(C)C)CC1. The summed E-state index contributed by atoms with van der Waals surface area (Å²) < 4.78 is 10.3. The van der Waals surface area contributed by atoms with Gasteiger partial charge in [0.25, 0.3) is 0 Å². The lowest BCUT2D eigenvalue weighted by Gasteiger charge is -2.30. The van der Waals surface area contributed by atoms with Gasteiger partial charge in [-0.3, -0.25) is 14.4 Å². The van der Waals surface area contributed by atoms with Crippen LogP contribution in [0.5, 0.6) is 0 Å². The molecule has 1 N–H and O–H groups in total. The second-order valence-corrected chi connectivity index (χ2v) is 5.85. The summed E-state index contributed by atoms with van der Waals surface area (Å²) in [6, 6.07) is 0. The van der Waals surface area contributed by atoms with E-state index in [1.54, 1.807) is 6.92 Å². The summed E-state index contributed by atoms with van der Waals surface area (Å²) in [5, 5.41) is 2.61. The van der Waals surface area contributed by atoms with Crippen LogP contribution in [-0.4, -0.2) is 61.6 Å². The molecule has 1 saturated heterocycles. The van der Waals surface area contributed by atoms with Gasteiger partial charge in [0.1, 0.15) is 0 Å². The highest BCUT2D eigenvalue weighted by atomic mass is 16.5. The van der Waals surface area contributed by atoms with Crippen LogP contribution in [0.2, 0.25) is 0 Å². The van der Waals surface area contributed by atoms with Crippen LogP contribution < -0.4 is 5.32 Å². The van der Waals surface area contributed by atoms with Crippen LogP contribution in [0.15, 0.2) is 0 Å². The number of nitrogens with one attached hydrogen (secondary N) is 1. The fourth-order valence-corrected chi connectivity index (χ4v) is 2.39. The van der Waals surface area contributed by atoms with E-state index in [-0.39, 0.29) is 18.0 Å². The van der Waals surface area contributed by atoms with E-state index in [1.165, 1.54) is 4.90 Å². The van der Waals surface area contributed by atoms with Crippen LogP contribution in [0.25, 0.3) is 0 Å². The zero-order valence-corrected chi connectivity index (χ0v) is 14.3. The molecular weight excluding hydrogens is 300 g/mol. The molecule has 1 aliphatic heterocycles. The average Bonchev–Trinajstić information content (AvgIpc) is 2.53. The first-order valence-corrected chi connectivity index (χ1v) is 8.31. The molecule has 1 fully saturated rings. The number of carbonyl (C=O) groups is 3. The minimum atomic E-state index is -0.593. The highest BCUT2D eigenvalue weighted by molar-refractivity contribution is 6.35. The Kier molecular flexibility index (Phi) is 8.61. The Morgan fingerprint density at radius 1 is 1.22 bits per heavy atom. The molecule has 0 radical (unpaired) electrons. The topological polar surface area (TPSA) is 84.9 Å². The van der Waals surface area contributed by atoms with Crippen molar-refractivity contribution >= 4 is 17.8 Å². The van der Waals surface area contributed by atoms with Crippen LogP contribution in [0.4, 0.5) is 0 Å². The van der Waals surface area contributed by atoms with Crippen molar-refractivity contribution in [1.82, 2.24) is 10.2 Å². The summed E-state index contributed by atoms with van der Waals surface area (Å²) in [4.78, 5) is 37.0. The Morgan fingerprint density at radius 3 is 2.43 bits per heavy atom. The van der Waals surface area contributed by atoms with Crippen molar-refractivity contribution in [3.8, 4) is 0 Å². The van der Waals surface area contributed by atoms with Crippen LogP contribution >= 0.6 is 0 Å². The molecule has 0 bridgehead atoms. The molecule has 7 nitrogen and oxygen atoms in total. The summed E-state index contributed by atoms with van der Waals surface area (Å²) >= 11 is 0. The van der Waals surface area contributed by atoms with Gasteiger partial charge in [0.15, 0.2) is 0 Å². The second-order valence-electron chi connectivity index (χ2n) is 5.85. The van der Waals surface area contributed by atoms with Crippen molar-refractivity contribution in [1.29, 1.82) is 0 Å². The number of hydrogen-bond acceptors (Lipinski definition) is 5. The van der Waals surface area contributed by atoms with Crippen LogP contribution in [0, 0.1) is 5.92 Å². The fraction of sp³-hybridized carbons (Fsp3) is 0.812. The van der Waals surface area contributed by atoms with E-state index in [0.717, 1.165) is 0 Å². The van der Waals surface area contributed by atoms with Crippen LogP contribution in [-0.2, 0) is 23.9 Å². The molecule has 0 saturated carbocycles. The standard InChI is InChI=1S/C16H28N2O5/c1-4-22-16(21)13-6-9-18(10-7-13)15(20)14(19)17-8-5-11-23-12(2)3/h12-13H,4-11H2,1-3H3,(H,17,19). The molecule has 0 atom stereocenters. The van der Waals surface area contributed by atoms with Crippen molar-refractivity contribution in [2.75, 3.05) is 32.8 Å². The van der Waals surface area contributed by atoms with E-state index in [4.69, 9.17) is 9.47 Å². The molecular formula is C16H28N2O5. The minimum Gasteiger partial charge on any atom is -0.466 e. The molecule has 0 aliphatic carbocycles. The summed E-state index contributed by atoms with van der Waals surface area (Å²) in [7, 11) is 0. The lowest BCUT2D eigenvalue weighted by Crippen LogP contribution is -2.47. The summed E-state index contributed by atoms with van der Waals surface area (Å²) in [5.41, 5.74) is 0. The van der Waals surface area contributed by atoms with Crippen molar-refractivity contribution in [2.45, 2.75) is 46.1 Å². The van der Waals surface area contributed by atoms with Crippen molar-refractivity contribution in [3.63, 3.8) is 0 Å². The first-order chi connectivity index (χ1) is 11.0. The molecule has 0 aromatic heterocycles. The third-order valence-corrected chi connectivity index (χ3v) is 3.65. The molecule has 7 heteroatoms. The van der Waals surface area contributed by atoms with Crippen LogP contribution in [0.1, 0.15) is 40.0 Å². The Balaban J connectivity index is 2.25. The zero-order valence-electron chi connectivity index (χ0n) is 14.3. The lowest BCUT2D eigenvalue weighted by atomic mass is 9.97. The first-order valence-electron chi connectivity index (χ1n) is 8.31. The predicted molar refractivity (Wildman–Crippen MR) is 84.7 cm³/mol. The summed E-state index contributed by atoms with van der Waals surface area (Å²) in [6.07, 6.45) is 1.91. The third kappa shape index (κ3) is 6.99. The molecule has 0 spiro atoms. The van der Waals surface area contributed by atoms with Gasteiger partial charge in [-0.1, -0.05) is 0 Å². The van der Waals surface area contributed by atoms with E-state index in [2.05, 4.69) is 5.32 Å². The lowest BCUT2D eigenvalue weighted by molar-refractivity contribution is -0.152. The molecule has 1 rings (SSSR count). The Bertz CT molecular complexity index is 403.